The molecule has 4 rings (SSSR count). The van der Waals surface area contributed by atoms with Crippen molar-refractivity contribution in [1.82, 2.24) is 0 Å². The Morgan fingerprint density at radius 1 is 1.07 bits per heavy atom. The number of ether oxygens (including phenoxy) is 1. The molecule has 0 fully saturated rings. The minimum Gasteiger partial charge on any atom is -0.494 e. The maximum absolute atomic E-state index is 12.8. The van der Waals surface area contributed by atoms with Crippen LogP contribution in [0.4, 0.5) is 5.69 Å². The van der Waals surface area contributed by atoms with Gasteiger partial charge in [0.1, 0.15) is 5.75 Å². The normalized spacial score (nSPS) is 11.7. The van der Waals surface area contributed by atoms with Crippen molar-refractivity contribution in [3.8, 4) is 5.75 Å². The highest BCUT2D eigenvalue weighted by Crippen LogP contribution is 2.34. The summed E-state index contributed by atoms with van der Waals surface area (Å²) in [6.07, 6.45) is 0. The highest BCUT2D eigenvalue weighted by molar-refractivity contribution is 7.92. The van der Waals surface area contributed by atoms with E-state index in [0.717, 1.165) is 11.3 Å². The Kier molecular flexibility index (Phi) is 4.37. The lowest BCUT2D eigenvalue weighted by Crippen LogP contribution is -2.13. The fourth-order valence-electron chi connectivity index (χ4n) is 2.87. The topological polar surface area (TPSA) is 85.6 Å². The standard InChI is InChI=1S/C19H15NO5S2/c1-2-24-12-7-9-13(10-8-12)27(22,23)20-16-11-17-18(25-19(21)26-17)15-6-4-3-5-14(15)16/h3-11,20H,2H2,1H3. The Hall–Kier alpha value is -2.84. The Labute approximate surface area is 159 Å². The molecule has 0 aliphatic heterocycles. The first-order valence-electron chi connectivity index (χ1n) is 8.19. The molecule has 0 saturated heterocycles. The number of hydrogen-bond donors (Lipinski definition) is 1. The van der Waals surface area contributed by atoms with Crippen molar-refractivity contribution in [2.24, 2.45) is 0 Å². The molecule has 0 unspecified atom stereocenters. The minimum absolute atomic E-state index is 0.121. The zero-order chi connectivity index (χ0) is 19.0. The van der Waals surface area contributed by atoms with E-state index in [4.69, 9.17) is 9.15 Å². The van der Waals surface area contributed by atoms with Crippen LogP contribution in [0.1, 0.15) is 6.92 Å². The molecule has 3 aromatic carbocycles. The number of fused-ring (bicyclic) bond motifs is 3. The zero-order valence-electron chi connectivity index (χ0n) is 14.3. The summed E-state index contributed by atoms with van der Waals surface area (Å²) in [5, 5.41) is 1.33. The van der Waals surface area contributed by atoms with E-state index in [1.54, 1.807) is 36.4 Å². The average Bonchev–Trinajstić information content (AvgIpc) is 3.03. The molecule has 0 spiro atoms. The predicted molar refractivity (Wildman–Crippen MR) is 106 cm³/mol. The lowest BCUT2D eigenvalue weighted by Gasteiger charge is -2.12. The van der Waals surface area contributed by atoms with Gasteiger partial charge < -0.3 is 9.15 Å². The minimum atomic E-state index is -3.81. The number of anilines is 1. The summed E-state index contributed by atoms with van der Waals surface area (Å²) < 4.78 is 39.5. The van der Waals surface area contributed by atoms with Gasteiger partial charge in [-0.25, -0.2) is 13.2 Å². The first kappa shape index (κ1) is 17.6. The van der Waals surface area contributed by atoms with Crippen molar-refractivity contribution in [3.05, 3.63) is 64.3 Å². The van der Waals surface area contributed by atoms with E-state index in [0.29, 0.717) is 39.1 Å². The van der Waals surface area contributed by atoms with Crippen LogP contribution in [0, 0.1) is 0 Å². The van der Waals surface area contributed by atoms with Crippen LogP contribution in [-0.2, 0) is 10.0 Å². The summed E-state index contributed by atoms with van der Waals surface area (Å²) in [6.45, 7) is 2.36. The van der Waals surface area contributed by atoms with Crippen molar-refractivity contribution in [1.29, 1.82) is 0 Å². The highest BCUT2D eigenvalue weighted by atomic mass is 32.2. The first-order valence-corrected chi connectivity index (χ1v) is 10.5. The molecule has 0 radical (unpaired) electrons. The summed E-state index contributed by atoms with van der Waals surface area (Å²) in [4.78, 5) is 11.3. The van der Waals surface area contributed by atoms with Gasteiger partial charge in [0, 0.05) is 10.8 Å². The number of benzene rings is 3. The van der Waals surface area contributed by atoms with Crippen molar-refractivity contribution >= 4 is 48.1 Å². The summed E-state index contributed by atoms with van der Waals surface area (Å²) in [6, 6.07) is 15.0. The van der Waals surface area contributed by atoms with Gasteiger partial charge in [-0.1, -0.05) is 35.6 Å². The smallest absolute Gasteiger partial charge is 0.396 e. The molecule has 6 nitrogen and oxygen atoms in total. The fraction of sp³-hybridized carbons (Fsp3) is 0.105. The van der Waals surface area contributed by atoms with Gasteiger partial charge in [-0.3, -0.25) is 4.72 Å². The molecule has 0 aliphatic rings. The third-order valence-corrected chi connectivity index (χ3v) is 6.18. The summed E-state index contributed by atoms with van der Waals surface area (Å²) >= 11 is 0.937. The predicted octanol–water partition coefficient (Wildman–Crippen LogP) is 4.21. The van der Waals surface area contributed by atoms with E-state index < -0.39 is 15.0 Å². The van der Waals surface area contributed by atoms with Crippen LogP contribution in [0.15, 0.2) is 68.7 Å². The maximum atomic E-state index is 12.8. The molecule has 138 valence electrons. The SMILES string of the molecule is CCOc1ccc(S(=O)(=O)Nc2cc3sc(=O)oc3c3ccccc23)cc1. The summed E-state index contributed by atoms with van der Waals surface area (Å²) in [5.74, 6) is 0.603. The largest absolute Gasteiger partial charge is 0.494 e. The molecule has 27 heavy (non-hydrogen) atoms. The van der Waals surface area contributed by atoms with E-state index in [9.17, 15) is 13.2 Å². The van der Waals surface area contributed by atoms with E-state index in [1.807, 2.05) is 13.0 Å². The number of rotatable bonds is 5. The van der Waals surface area contributed by atoms with E-state index in [-0.39, 0.29) is 4.90 Å². The highest BCUT2D eigenvalue weighted by Gasteiger charge is 2.18. The van der Waals surface area contributed by atoms with Crippen LogP contribution in [0.2, 0.25) is 0 Å². The van der Waals surface area contributed by atoms with E-state index in [2.05, 4.69) is 4.72 Å². The van der Waals surface area contributed by atoms with Gasteiger partial charge in [0.05, 0.1) is 21.9 Å². The van der Waals surface area contributed by atoms with Crippen LogP contribution < -0.4 is 14.4 Å². The number of nitrogens with one attached hydrogen (secondary N) is 1. The Bertz CT molecular complexity index is 1290. The Balaban J connectivity index is 1.80. The van der Waals surface area contributed by atoms with Gasteiger partial charge in [0.25, 0.3) is 10.0 Å². The second-order valence-electron chi connectivity index (χ2n) is 5.76. The van der Waals surface area contributed by atoms with Crippen LogP contribution in [0.25, 0.3) is 21.1 Å². The number of hydrogen-bond acceptors (Lipinski definition) is 6. The van der Waals surface area contributed by atoms with Gasteiger partial charge in [0.2, 0.25) is 0 Å². The van der Waals surface area contributed by atoms with Crippen molar-refractivity contribution in [2.75, 3.05) is 11.3 Å². The third kappa shape index (κ3) is 3.29. The fourth-order valence-corrected chi connectivity index (χ4v) is 4.66. The van der Waals surface area contributed by atoms with Crippen LogP contribution >= 0.6 is 11.3 Å². The molecule has 1 heterocycles. The van der Waals surface area contributed by atoms with E-state index >= 15 is 0 Å². The molecule has 1 N–H and O–H groups in total. The van der Waals surface area contributed by atoms with Gasteiger partial charge >= 0.3 is 4.94 Å². The van der Waals surface area contributed by atoms with Crippen LogP contribution in [0.5, 0.6) is 5.75 Å². The maximum Gasteiger partial charge on any atom is 0.396 e. The Morgan fingerprint density at radius 3 is 2.48 bits per heavy atom. The second-order valence-corrected chi connectivity index (χ2v) is 8.42. The number of sulfonamides is 1. The summed E-state index contributed by atoms with van der Waals surface area (Å²) in [7, 11) is -3.81. The van der Waals surface area contributed by atoms with Crippen LogP contribution in [-0.4, -0.2) is 15.0 Å². The molecule has 1 aromatic heterocycles. The van der Waals surface area contributed by atoms with Gasteiger partial charge in [-0.05, 0) is 37.3 Å². The van der Waals surface area contributed by atoms with Crippen molar-refractivity contribution < 1.29 is 17.6 Å². The second kappa shape index (κ2) is 6.71. The molecule has 0 aliphatic carbocycles. The monoisotopic (exact) mass is 401 g/mol. The molecule has 4 aromatic rings. The molecule has 0 atom stereocenters. The third-order valence-electron chi connectivity index (χ3n) is 4.03. The molecular formula is C19H15NO5S2. The molecule has 0 amide bonds. The lowest BCUT2D eigenvalue weighted by atomic mass is 10.1. The molecule has 0 saturated carbocycles. The van der Waals surface area contributed by atoms with Gasteiger partial charge in [0.15, 0.2) is 5.58 Å². The Morgan fingerprint density at radius 2 is 1.78 bits per heavy atom. The molecule has 0 bridgehead atoms. The van der Waals surface area contributed by atoms with Crippen molar-refractivity contribution in [2.45, 2.75) is 11.8 Å². The van der Waals surface area contributed by atoms with Crippen LogP contribution in [0.3, 0.4) is 0 Å². The summed E-state index contributed by atoms with van der Waals surface area (Å²) in [5.41, 5.74) is 0.855. The molecular weight excluding hydrogens is 386 g/mol. The van der Waals surface area contributed by atoms with E-state index in [1.165, 1.54) is 12.1 Å². The van der Waals surface area contributed by atoms with Crippen molar-refractivity contribution in [3.63, 3.8) is 0 Å². The molecule has 8 heteroatoms. The average molecular weight is 401 g/mol. The lowest BCUT2D eigenvalue weighted by molar-refractivity contribution is 0.340. The first-order chi connectivity index (χ1) is 13.0. The van der Waals surface area contributed by atoms with Gasteiger partial charge in [-0.15, -0.1) is 0 Å². The van der Waals surface area contributed by atoms with Gasteiger partial charge in [-0.2, -0.15) is 0 Å². The zero-order valence-corrected chi connectivity index (χ0v) is 15.9. The quantitative estimate of drug-likeness (QED) is 0.541.